The SMILES string of the molecule is O=C1NC(=Nc2ccc(Br)cc2)S/C1=C\c1cn(Cc2ccccc2)c2ccccc12. The number of hydrogen-bond donors (Lipinski definition) is 1. The summed E-state index contributed by atoms with van der Waals surface area (Å²) in [5.41, 5.74) is 4.20. The monoisotopic (exact) mass is 487 g/mol. The van der Waals surface area contributed by atoms with Gasteiger partial charge in [-0.2, -0.15) is 0 Å². The van der Waals surface area contributed by atoms with Gasteiger partial charge in [0, 0.05) is 33.7 Å². The molecule has 4 nitrogen and oxygen atoms in total. The summed E-state index contributed by atoms with van der Waals surface area (Å²) < 4.78 is 3.22. The first kappa shape index (κ1) is 19.8. The van der Waals surface area contributed by atoms with Gasteiger partial charge in [-0.3, -0.25) is 4.79 Å². The normalized spacial score (nSPS) is 16.4. The van der Waals surface area contributed by atoms with Crippen LogP contribution in [0.3, 0.4) is 0 Å². The quantitative estimate of drug-likeness (QED) is 0.341. The van der Waals surface area contributed by atoms with Crippen LogP contribution in [0, 0.1) is 0 Å². The van der Waals surface area contributed by atoms with Gasteiger partial charge in [-0.15, -0.1) is 0 Å². The number of amides is 1. The molecule has 1 amide bonds. The van der Waals surface area contributed by atoms with Crippen LogP contribution in [-0.4, -0.2) is 15.6 Å². The number of nitrogens with zero attached hydrogens (tertiary/aromatic N) is 2. The van der Waals surface area contributed by atoms with E-state index in [0.717, 1.165) is 33.2 Å². The highest BCUT2D eigenvalue weighted by Crippen LogP contribution is 2.31. The summed E-state index contributed by atoms with van der Waals surface area (Å²) in [5.74, 6) is -0.124. The Kier molecular flexibility index (Phi) is 5.49. The Morgan fingerprint density at radius 2 is 1.71 bits per heavy atom. The number of benzene rings is 3. The molecule has 0 atom stereocenters. The first-order chi connectivity index (χ1) is 15.2. The lowest BCUT2D eigenvalue weighted by Gasteiger charge is -2.05. The van der Waals surface area contributed by atoms with Crippen molar-refractivity contribution in [1.82, 2.24) is 9.88 Å². The van der Waals surface area contributed by atoms with Gasteiger partial charge in [-0.1, -0.05) is 64.5 Å². The van der Waals surface area contributed by atoms with E-state index in [2.05, 4.69) is 73.4 Å². The molecule has 1 aromatic heterocycles. The number of fused-ring (bicyclic) bond motifs is 1. The number of rotatable bonds is 4. The Bertz CT molecular complexity index is 1320. The molecule has 3 aromatic carbocycles. The molecule has 0 bridgehead atoms. The number of halogens is 1. The molecule has 4 aromatic rings. The molecule has 5 rings (SSSR count). The molecule has 31 heavy (non-hydrogen) atoms. The maximum absolute atomic E-state index is 12.6. The van der Waals surface area contributed by atoms with Gasteiger partial charge in [-0.25, -0.2) is 4.99 Å². The number of thioether (sulfide) groups is 1. The maximum Gasteiger partial charge on any atom is 0.264 e. The van der Waals surface area contributed by atoms with Gasteiger partial charge in [-0.05, 0) is 53.7 Å². The van der Waals surface area contributed by atoms with Crippen molar-refractivity contribution in [2.45, 2.75) is 6.54 Å². The van der Waals surface area contributed by atoms with Gasteiger partial charge < -0.3 is 9.88 Å². The molecule has 1 aliphatic heterocycles. The molecule has 0 saturated carbocycles. The molecule has 0 unspecified atom stereocenters. The number of carbonyl (C=O) groups is 1. The molecule has 1 N–H and O–H groups in total. The van der Waals surface area contributed by atoms with Crippen molar-refractivity contribution < 1.29 is 4.79 Å². The fourth-order valence-corrected chi connectivity index (χ4v) is 4.65. The van der Waals surface area contributed by atoms with Gasteiger partial charge in [0.2, 0.25) is 0 Å². The van der Waals surface area contributed by atoms with Crippen molar-refractivity contribution in [2.24, 2.45) is 4.99 Å². The minimum atomic E-state index is -0.124. The molecular weight excluding hydrogens is 470 g/mol. The third kappa shape index (κ3) is 4.36. The number of amidine groups is 1. The summed E-state index contributed by atoms with van der Waals surface area (Å²) in [6, 6.07) is 26.3. The average molecular weight is 488 g/mol. The van der Waals surface area contributed by atoms with E-state index in [9.17, 15) is 4.79 Å². The van der Waals surface area contributed by atoms with Crippen molar-refractivity contribution in [3.8, 4) is 0 Å². The molecule has 152 valence electrons. The lowest BCUT2D eigenvalue weighted by molar-refractivity contribution is -0.115. The van der Waals surface area contributed by atoms with Crippen LogP contribution in [0.1, 0.15) is 11.1 Å². The predicted octanol–water partition coefficient (Wildman–Crippen LogP) is 6.34. The molecule has 1 saturated heterocycles. The molecule has 1 aliphatic rings. The zero-order valence-corrected chi connectivity index (χ0v) is 18.9. The Hall–Kier alpha value is -3.09. The second-order valence-corrected chi connectivity index (χ2v) is 9.12. The Balaban J connectivity index is 1.47. The maximum atomic E-state index is 12.6. The first-order valence-electron chi connectivity index (χ1n) is 9.83. The van der Waals surface area contributed by atoms with Crippen molar-refractivity contribution >= 4 is 61.4 Å². The zero-order chi connectivity index (χ0) is 21.2. The van der Waals surface area contributed by atoms with E-state index >= 15 is 0 Å². The lowest BCUT2D eigenvalue weighted by Crippen LogP contribution is -2.19. The number of para-hydroxylation sites is 1. The lowest BCUT2D eigenvalue weighted by atomic mass is 10.1. The fraction of sp³-hybridized carbons (Fsp3) is 0.0400. The second-order valence-electron chi connectivity index (χ2n) is 7.17. The summed E-state index contributed by atoms with van der Waals surface area (Å²) >= 11 is 4.79. The van der Waals surface area contributed by atoms with E-state index in [1.54, 1.807) is 0 Å². The van der Waals surface area contributed by atoms with Crippen molar-refractivity contribution in [3.05, 3.63) is 106 Å². The third-order valence-corrected chi connectivity index (χ3v) is 6.45. The van der Waals surface area contributed by atoms with Crippen molar-refractivity contribution in [1.29, 1.82) is 0 Å². The van der Waals surface area contributed by atoms with Gasteiger partial charge in [0.05, 0.1) is 10.6 Å². The van der Waals surface area contributed by atoms with E-state index in [1.165, 1.54) is 17.3 Å². The van der Waals surface area contributed by atoms with Gasteiger partial charge >= 0.3 is 0 Å². The number of aromatic nitrogens is 1. The van der Waals surface area contributed by atoms with Crippen molar-refractivity contribution in [2.75, 3.05) is 0 Å². The summed E-state index contributed by atoms with van der Waals surface area (Å²) in [5, 5.41) is 4.58. The highest BCUT2D eigenvalue weighted by molar-refractivity contribution is 9.10. The minimum Gasteiger partial charge on any atom is -0.342 e. The smallest absolute Gasteiger partial charge is 0.264 e. The summed E-state index contributed by atoms with van der Waals surface area (Å²) in [6.45, 7) is 0.778. The Morgan fingerprint density at radius 1 is 0.968 bits per heavy atom. The number of hydrogen-bond acceptors (Lipinski definition) is 3. The summed E-state index contributed by atoms with van der Waals surface area (Å²) in [7, 11) is 0. The van der Waals surface area contributed by atoms with E-state index < -0.39 is 0 Å². The molecule has 0 spiro atoms. The van der Waals surface area contributed by atoms with Crippen molar-refractivity contribution in [3.63, 3.8) is 0 Å². The number of nitrogens with one attached hydrogen (secondary N) is 1. The number of carbonyl (C=O) groups excluding carboxylic acids is 1. The number of aliphatic imine (C=N–C) groups is 1. The molecule has 1 fully saturated rings. The first-order valence-corrected chi connectivity index (χ1v) is 11.4. The predicted molar refractivity (Wildman–Crippen MR) is 132 cm³/mol. The molecule has 0 radical (unpaired) electrons. The third-order valence-electron chi connectivity index (χ3n) is 5.01. The Morgan fingerprint density at radius 3 is 2.52 bits per heavy atom. The molecule has 6 heteroatoms. The Labute approximate surface area is 192 Å². The van der Waals surface area contributed by atoms with E-state index in [-0.39, 0.29) is 5.91 Å². The van der Waals surface area contributed by atoms with Crippen LogP contribution in [0.25, 0.3) is 17.0 Å². The van der Waals surface area contributed by atoms with Crippen LogP contribution in [0.2, 0.25) is 0 Å². The van der Waals surface area contributed by atoms with Gasteiger partial charge in [0.25, 0.3) is 5.91 Å². The average Bonchev–Trinajstić information content (AvgIpc) is 3.31. The van der Waals surface area contributed by atoms with E-state index in [0.29, 0.717) is 10.1 Å². The largest absolute Gasteiger partial charge is 0.342 e. The van der Waals surface area contributed by atoms with Gasteiger partial charge in [0.15, 0.2) is 5.17 Å². The summed E-state index contributed by atoms with van der Waals surface area (Å²) in [4.78, 5) is 17.8. The molecule has 2 heterocycles. The molecule has 0 aliphatic carbocycles. The van der Waals surface area contributed by atoms with Crippen LogP contribution in [0.4, 0.5) is 5.69 Å². The second kappa shape index (κ2) is 8.57. The van der Waals surface area contributed by atoms with Crippen LogP contribution < -0.4 is 5.32 Å². The van der Waals surface area contributed by atoms with E-state index in [1.807, 2.05) is 48.5 Å². The van der Waals surface area contributed by atoms with Crippen LogP contribution in [0.15, 0.2) is 99.4 Å². The van der Waals surface area contributed by atoms with Crippen LogP contribution in [0.5, 0.6) is 0 Å². The minimum absolute atomic E-state index is 0.124. The van der Waals surface area contributed by atoms with E-state index in [4.69, 9.17) is 0 Å². The van der Waals surface area contributed by atoms with Crippen LogP contribution >= 0.6 is 27.7 Å². The standard InChI is InChI=1S/C25H18BrN3OS/c26-19-10-12-20(13-11-19)27-25-28-24(30)23(31-25)14-18-16-29(15-17-6-2-1-3-7-17)22-9-5-4-8-21(18)22/h1-14,16H,15H2,(H,27,28,30)/b23-14-. The topological polar surface area (TPSA) is 46.4 Å². The highest BCUT2D eigenvalue weighted by Gasteiger charge is 2.24. The molecular formula is C25H18BrN3OS. The van der Waals surface area contributed by atoms with Gasteiger partial charge in [0.1, 0.15) is 0 Å². The van der Waals surface area contributed by atoms with Crippen LogP contribution in [-0.2, 0) is 11.3 Å². The summed E-state index contributed by atoms with van der Waals surface area (Å²) in [6.07, 6.45) is 4.07. The fourth-order valence-electron chi connectivity index (χ4n) is 3.56. The highest BCUT2D eigenvalue weighted by atomic mass is 79.9. The zero-order valence-electron chi connectivity index (χ0n) is 16.5.